The number of amides is 1. The van der Waals surface area contributed by atoms with Crippen LogP contribution in [-0.4, -0.2) is 23.0 Å². The molecule has 1 aliphatic carbocycles. The Morgan fingerprint density at radius 1 is 1.33 bits per heavy atom. The molecule has 0 radical (unpaired) electrons. The van der Waals surface area contributed by atoms with Crippen molar-refractivity contribution < 1.29 is 4.79 Å². The topological polar surface area (TPSA) is 70.9 Å². The predicted molar refractivity (Wildman–Crippen MR) is 71.4 cm³/mol. The summed E-state index contributed by atoms with van der Waals surface area (Å²) in [5, 5.41) is 4.14. The molecule has 3 rings (SSSR count). The first-order valence-corrected chi connectivity index (χ1v) is 6.37. The summed E-state index contributed by atoms with van der Waals surface area (Å²) in [7, 11) is 0. The highest BCUT2D eigenvalue weighted by molar-refractivity contribution is 5.98. The minimum Gasteiger partial charge on any atom is -0.361 e. The van der Waals surface area contributed by atoms with Gasteiger partial charge in [0.25, 0.3) is 5.91 Å². The number of H-pyrrole nitrogens is 1. The molecule has 0 bridgehead atoms. The third-order valence-electron chi connectivity index (χ3n) is 3.70. The number of aromatic amines is 1. The van der Waals surface area contributed by atoms with E-state index >= 15 is 0 Å². The van der Waals surface area contributed by atoms with Gasteiger partial charge in [-0.1, -0.05) is 6.07 Å². The standard InChI is InChI=1S/C14H17N3O/c15-11-2-1-3-12(11)17-14(18)10-5-4-9-6-7-16-13(9)8-10/h4-8,11-12,16H,1-3,15H2,(H,17,18). The minimum atomic E-state index is -0.0335. The highest BCUT2D eigenvalue weighted by Crippen LogP contribution is 2.18. The van der Waals surface area contributed by atoms with Crippen molar-refractivity contribution in [1.29, 1.82) is 0 Å². The van der Waals surface area contributed by atoms with Crippen molar-refractivity contribution in [3.63, 3.8) is 0 Å². The molecule has 0 spiro atoms. The zero-order valence-corrected chi connectivity index (χ0v) is 10.1. The first kappa shape index (κ1) is 11.3. The Kier molecular flexibility index (Phi) is 2.80. The smallest absolute Gasteiger partial charge is 0.251 e. The Hall–Kier alpha value is -1.81. The molecule has 1 aromatic heterocycles. The van der Waals surface area contributed by atoms with Crippen LogP contribution in [-0.2, 0) is 0 Å². The number of hydrogen-bond donors (Lipinski definition) is 3. The fourth-order valence-electron chi connectivity index (χ4n) is 2.61. The zero-order valence-electron chi connectivity index (χ0n) is 10.1. The fourth-order valence-corrected chi connectivity index (χ4v) is 2.61. The fraction of sp³-hybridized carbons (Fsp3) is 0.357. The molecule has 1 amide bonds. The summed E-state index contributed by atoms with van der Waals surface area (Å²) in [4.78, 5) is 15.2. The van der Waals surface area contributed by atoms with Gasteiger partial charge in [-0.15, -0.1) is 0 Å². The van der Waals surface area contributed by atoms with Gasteiger partial charge in [0.15, 0.2) is 0 Å². The number of nitrogens with two attached hydrogens (primary N) is 1. The molecular weight excluding hydrogens is 226 g/mol. The summed E-state index contributed by atoms with van der Waals surface area (Å²) < 4.78 is 0. The van der Waals surface area contributed by atoms with Gasteiger partial charge >= 0.3 is 0 Å². The Morgan fingerprint density at radius 3 is 3.00 bits per heavy atom. The molecule has 1 heterocycles. The van der Waals surface area contributed by atoms with Crippen LogP contribution in [0, 0.1) is 0 Å². The van der Waals surface area contributed by atoms with E-state index in [9.17, 15) is 4.79 Å². The third kappa shape index (κ3) is 1.99. The minimum absolute atomic E-state index is 0.0335. The van der Waals surface area contributed by atoms with E-state index in [4.69, 9.17) is 5.73 Å². The van der Waals surface area contributed by atoms with Crippen molar-refractivity contribution in [2.24, 2.45) is 5.73 Å². The van der Waals surface area contributed by atoms with Gasteiger partial charge in [-0.25, -0.2) is 0 Å². The van der Waals surface area contributed by atoms with Crippen LogP contribution in [0.4, 0.5) is 0 Å². The Bertz CT molecular complexity index is 575. The molecule has 2 unspecified atom stereocenters. The van der Waals surface area contributed by atoms with Crippen LogP contribution in [0.15, 0.2) is 30.5 Å². The number of nitrogens with one attached hydrogen (secondary N) is 2. The molecular formula is C14H17N3O. The zero-order chi connectivity index (χ0) is 12.5. The molecule has 0 aliphatic heterocycles. The monoisotopic (exact) mass is 243 g/mol. The summed E-state index contributed by atoms with van der Waals surface area (Å²) in [6.07, 6.45) is 4.96. The quantitative estimate of drug-likeness (QED) is 0.752. The lowest BCUT2D eigenvalue weighted by Gasteiger charge is -2.17. The molecule has 18 heavy (non-hydrogen) atoms. The largest absolute Gasteiger partial charge is 0.361 e. The second-order valence-electron chi connectivity index (χ2n) is 4.95. The maximum absolute atomic E-state index is 12.1. The van der Waals surface area contributed by atoms with E-state index in [0.717, 1.165) is 30.2 Å². The first-order chi connectivity index (χ1) is 8.74. The molecule has 94 valence electrons. The van der Waals surface area contributed by atoms with Gasteiger partial charge in [0, 0.05) is 29.4 Å². The van der Waals surface area contributed by atoms with Gasteiger partial charge in [0.1, 0.15) is 0 Å². The van der Waals surface area contributed by atoms with Gasteiger partial charge in [0.05, 0.1) is 0 Å². The van der Waals surface area contributed by atoms with Crippen molar-refractivity contribution in [3.8, 4) is 0 Å². The van der Waals surface area contributed by atoms with Gasteiger partial charge < -0.3 is 16.0 Å². The summed E-state index contributed by atoms with van der Waals surface area (Å²) >= 11 is 0. The lowest BCUT2D eigenvalue weighted by molar-refractivity contribution is 0.0934. The maximum Gasteiger partial charge on any atom is 0.251 e. The second-order valence-corrected chi connectivity index (χ2v) is 4.95. The summed E-state index contributed by atoms with van der Waals surface area (Å²) in [6.45, 7) is 0. The van der Waals surface area contributed by atoms with E-state index in [1.807, 2.05) is 30.5 Å². The van der Waals surface area contributed by atoms with Crippen molar-refractivity contribution in [1.82, 2.24) is 10.3 Å². The van der Waals surface area contributed by atoms with Crippen LogP contribution < -0.4 is 11.1 Å². The molecule has 2 atom stereocenters. The first-order valence-electron chi connectivity index (χ1n) is 6.37. The van der Waals surface area contributed by atoms with Crippen molar-refractivity contribution >= 4 is 16.8 Å². The van der Waals surface area contributed by atoms with E-state index in [1.54, 1.807) is 0 Å². The molecule has 1 aromatic carbocycles. The lowest BCUT2D eigenvalue weighted by Crippen LogP contribution is -2.43. The molecule has 4 nitrogen and oxygen atoms in total. The van der Waals surface area contributed by atoms with E-state index in [-0.39, 0.29) is 18.0 Å². The predicted octanol–water partition coefficient (Wildman–Crippen LogP) is 1.78. The van der Waals surface area contributed by atoms with Crippen LogP contribution in [0.2, 0.25) is 0 Å². The highest BCUT2D eigenvalue weighted by atomic mass is 16.1. The Morgan fingerprint density at radius 2 is 2.22 bits per heavy atom. The lowest BCUT2D eigenvalue weighted by atomic mass is 10.1. The van der Waals surface area contributed by atoms with Gasteiger partial charge in [0.2, 0.25) is 0 Å². The normalized spacial score (nSPS) is 23.4. The molecule has 1 saturated carbocycles. The van der Waals surface area contributed by atoms with Crippen LogP contribution in [0.1, 0.15) is 29.6 Å². The average molecular weight is 243 g/mol. The van der Waals surface area contributed by atoms with E-state index in [1.165, 1.54) is 0 Å². The molecule has 1 aliphatic rings. The van der Waals surface area contributed by atoms with Crippen molar-refractivity contribution in [3.05, 3.63) is 36.0 Å². The van der Waals surface area contributed by atoms with Gasteiger partial charge in [-0.3, -0.25) is 4.79 Å². The Labute approximate surface area is 106 Å². The second kappa shape index (κ2) is 4.46. The average Bonchev–Trinajstić information content (AvgIpc) is 2.98. The van der Waals surface area contributed by atoms with Crippen LogP contribution in [0.25, 0.3) is 10.9 Å². The Balaban J connectivity index is 1.78. The highest BCUT2D eigenvalue weighted by Gasteiger charge is 2.25. The van der Waals surface area contributed by atoms with Crippen LogP contribution in [0.5, 0.6) is 0 Å². The molecule has 1 fully saturated rings. The summed E-state index contributed by atoms with van der Waals surface area (Å²) in [5.41, 5.74) is 7.63. The third-order valence-corrected chi connectivity index (χ3v) is 3.70. The number of hydrogen-bond acceptors (Lipinski definition) is 2. The number of fused-ring (bicyclic) bond motifs is 1. The molecule has 0 saturated heterocycles. The van der Waals surface area contributed by atoms with Crippen molar-refractivity contribution in [2.45, 2.75) is 31.3 Å². The summed E-state index contributed by atoms with van der Waals surface area (Å²) in [6, 6.07) is 7.90. The molecule has 4 N–H and O–H groups in total. The number of benzene rings is 1. The van der Waals surface area contributed by atoms with Crippen LogP contribution in [0.3, 0.4) is 0 Å². The van der Waals surface area contributed by atoms with Crippen LogP contribution >= 0.6 is 0 Å². The van der Waals surface area contributed by atoms with Gasteiger partial charge in [-0.05, 0) is 42.8 Å². The summed E-state index contributed by atoms with van der Waals surface area (Å²) in [5.74, 6) is -0.0335. The SMILES string of the molecule is NC1CCCC1NC(=O)c1ccc2cc[nH]c2c1. The number of carbonyl (C=O) groups is 1. The maximum atomic E-state index is 12.1. The number of aromatic nitrogens is 1. The number of carbonyl (C=O) groups excluding carboxylic acids is 1. The van der Waals surface area contributed by atoms with E-state index in [2.05, 4.69) is 10.3 Å². The molecule has 2 aromatic rings. The molecule has 4 heteroatoms. The van der Waals surface area contributed by atoms with E-state index in [0.29, 0.717) is 5.56 Å². The van der Waals surface area contributed by atoms with Crippen molar-refractivity contribution in [2.75, 3.05) is 0 Å². The van der Waals surface area contributed by atoms with Gasteiger partial charge in [-0.2, -0.15) is 0 Å². The van der Waals surface area contributed by atoms with E-state index < -0.39 is 0 Å². The number of rotatable bonds is 2.